The minimum absolute atomic E-state index is 0.444. The Morgan fingerprint density at radius 2 is 1.95 bits per heavy atom. The Morgan fingerprint density at radius 3 is 2.40 bits per heavy atom. The Labute approximate surface area is 131 Å². The molecule has 0 aromatic heterocycles. The van der Waals surface area contributed by atoms with Gasteiger partial charge in [-0.2, -0.15) is 0 Å². The van der Waals surface area contributed by atoms with Crippen LogP contribution in [-0.4, -0.2) is 31.4 Å². The first-order valence-corrected chi connectivity index (χ1v) is 8.07. The lowest BCUT2D eigenvalue weighted by atomic mass is 10.1. The Bertz CT molecular complexity index is 405. The van der Waals surface area contributed by atoms with Crippen molar-refractivity contribution in [3.63, 3.8) is 0 Å². The number of halogens is 1. The van der Waals surface area contributed by atoms with Gasteiger partial charge < -0.3 is 14.7 Å². The molecular weight excluding hydrogens is 318 g/mol. The molecule has 4 heteroatoms. The minimum atomic E-state index is -0.444. The van der Waals surface area contributed by atoms with E-state index in [9.17, 15) is 5.11 Å². The summed E-state index contributed by atoms with van der Waals surface area (Å²) in [5.41, 5.74) is 2.09. The molecule has 1 aromatic rings. The summed E-state index contributed by atoms with van der Waals surface area (Å²) >= 11 is 3.64. The van der Waals surface area contributed by atoms with Crippen LogP contribution in [0.3, 0.4) is 0 Å². The third-order valence-electron chi connectivity index (χ3n) is 3.68. The van der Waals surface area contributed by atoms with Gasteiger partial charge >= 0.3 is 0 Å². The summed E-state index contributed by atoms with van der Waals surface area (Å²) in [6.45, 7) is 7.79. The number of ether oxygens (including phenoxy) is 1. The zero-order valence-electron chi connectivity index (χ0n) is 12.9. The molecule has 1 rings (SSSR count). The highest BCUT2D eigenvalue weighted by molar-refractivity contribution is 9.10. The number of aliphatic hydroxyl groups excluding tert-OH is 1. The molecule has 0 aliphatic carbocycles. The fraction of sp³-hybridized carbons (Fsp3) is 0.625. The number of methoxy groups -OCH3 is 1. The predicted molar refractivity (Wildman–Crippen MR) is 88.4 cm³/mol. The Morgan fingerprint density at radius 1 is 1.30 bits per heavy atom. The molecule has 0 spiro atoms. The molecule has 1 unspecified atom stereocenters. The van der Waals surface area contributed by atoms with E-state index in [1.807, 2.05) is 12.1 Å². The Kier molecular flexibility index (Phi) is 7.56. The summed E-state index contributed by atoms with van der Waals surface area (Å²) in [4.78, 5) is 2.39. The normalized spacial score (nSPS) is 12.8. The zero-order valence-corrected chi connectivity index (χ0v) is 14.5. The van der Waals surface area contributed by atoms with Crippen molar-refractivity contribution < 1.29 is 9.84 Å². The molecule has 0 saturated carbocycles. The lowest BCUT2D eigenvalue weighted by Gasteiger charge is -2.33. The predicted octanol–water partition coefficient (Wildman–Crippen LogP) is 4.14. The van der Waals surface area contributed by atoms with E-state index >= 15 is 0 Å². The molecular formula is C16H26BrNO2. The van der Waals surface area contributed by atoms with E-state index in [0.717, 1.165) is 29.4 Å². The van der Waals surface area contributed by atoms with Crippen LogP contribution in [0.2, 0.25) is 0 Å². The van der Waals surface area contributed by atoms with E-state index in [2.05, 4.69) is 40.7 Å². The van der Waals surface area contributed by atoms with Crippen LogP contribution in [0, 0.1) is 0 Å². The van der Waals surface area contributed by atoms with Crippen molar-refractivity contribution in [1.82, 2.24) is 0 Å². The number of anilines is 1. The lowest BCUT2D eigenvalue weighted by molar-refractivity contribution is 0.199. The molecule has 1 aromatic carbocycles. The average molecular weight is 344 g/mol. The monoisotopic (exact) mass is 343 g/mol. The van der Waals surface area contributed by atoms with Gasteiger partial charge in [-0.05, 0) is 53.4 Å². The molecule has 0 amide bonds. The van der Waals surface area contributed by atoms with Crippen LogP contribution >= 0.6 is 15.9 Å². The molecule has 0 bridgehead atoms. The Hall–Kier alpha value is -0.580. The van der Waals surface area contributed by atoms with E-state index in [4.69, 9.17) is 4.74 Å². The maximum Gasteiger partial charge on any atom is 0.0762 e. The van der Waals surface area contributed by atoms with Crippen molar-refractivity contribution >= 4 is 21.6 Å². The number of hydrogen-bond donors (Lipinski definition) is 1. The molecule has 114 valence electrons. The molecule has 1 atom stereocenters. The molecule has 0 radical (unpaired) electrons. The van der Waals surface area contributed by atoms with E-state index in [1.54, 1.807) is 14.0 Å². The van der Waals surface area contributed by atoms with Crippen molar-refractivity contribution in [3.8, 4) is 0 Å². The van der Waals surface area contributed by atoms with Crippen molar-refractivity contribution in [2.45, 2.75) is 45.8 Å². The number of rotatable bonds is 8. The first kappa shape index (κ1) is 17.5. The smallest absolute Gasteiger partial charge is 0.0762 e. The quantitative estimate of drug-likeness (QED) is 0.769. The van der Waals surface area contributed by atoms with Crippen LogP contribution in [0.1, 0.15) is 45.3 Å². The van der Waals surface area contributed by atoms with E-state index in [0.29, 0.717) is 12.6 Å². The first-order valence-electron chi connectivity index (χ1n) is 7.28. The van der Waals surface area contributed by atoms with Crippen LogP contribution in [0.5, 0.6) is 0 Å². The number of benzene rings is 1. The maximum absolute atomic E-state index is 9.67. The van der Waals surface area contributed by atoms with Gasteiger partial charge in [-0.25, -0.2) is 0 Å². The van der Waals surface area contributed by atoms with E-state index in [-0.39, 0.29) is 0 Å². The summed E-state index contributed by atoms with van der Waals surface area (Å²) in [7, 11) is 1.73. The third-order valence-corrected chi connectivity index (χ3v) is 4.32. The Balaban J connectivity index is 3.06. The molecule has 20 heavy (non-hydrogen) atoms. The number of aliphatic hydroxyl groups is 1. The molecule has 0 aliphatic rings. The lowest BCUT2D eigenvalue weighted by Crippen LogP contribution is -2.37. The molecule has 3 nitrogen and oxygen atoms in total. The van der Waals surface area contributed by atoms with Gasteiger partial charge in [0, 0.05) is 24.2 Å². The van der Waals surface area contributed by atoms with Crippen LogP contribution < -0.4 is 4.90 Å². The maximum atomic E-state index is 9.67. The molecule has 0 saturated heterocycles. The van der Waals surface area contributed by atoms with Gasteiger partial charge in [-0.3, -0.25) is 0 Å². The summed E-state index contributed by atoms with van der Waals surface area (Å²) in [5, 5.41) is 9.67. The van der Waals surface area contributed by atoms with Crippen LogP contribution in [0.4, 0.5) is 5.69 Å². The van der Waals surface area contributed by atoms with Crippen molar-refractivity contribution in [1.29, 1.82) is 0 Å². The first-order chi connectivity index (χ1) is 9.54. The van der Waals surface area contributed by atoms with Gasteiger partial charge in [-0.1, -0.05) is 19.9 Å². The highest BCUT2D eigenvalue weighted by Gasteiger charge is 2.18. The fourth-order valence-corrected chi connectivity index (χ4v) is 3.06. The number of hydrogen-bond acceptors (Lipinski definition) is 3. The standard InChI is InChI=1S/C16H26BrNO2/c1-5-14(6-2)18(9-10-20-4)16-8-7-13(12(3)19)11-15(16)17/h7-8,11-12,14,19H,5-6,9-10H2,1-4H3. The topological polar surface area (TPSA) is 32.7 Å². The zero-order chi connectivity index (χ0) is 15.1. The van der Waals surface area contributed by atoms with Crippen molar-refractivity contribution in [2.24, 2.45) is 0 Å². The van der Waals surface area contributed by atoms with Gasteiger partial charge in [0.15, 0.2) is 0 Å². The SMILES string of the molecule is CCC(CC)N(CCOC)c1ccc(C(C)O)cc1Br. The van der Waals surface area contributed by atoms with Crippen molar-refractivity contribution in [3.05, 3.63) is 28.2 Å². The molecule has 0 fully saturated rings. The summed E-state index contributed by atoms with van der Waals surface area (Å²) in [6.07, 6.45) is 1.76. The highest BCUT2D eigenvalue weighted by Crippen LogP contribution is 2.31. The van der Waals surface area contributed by atoms with Gasteiger partial charge in [-0.15, -0.1) is 0 Å². The van der Waals surface area contributed by atoms with E-state index in [1.165, 1.54) is 5.69 Å². The average Bonchev–Trinajstić information content (AvgIpc) is 2.43. The molecule has 0 aliphatic heterocycles. The fourth-order valence-electron chi connectivity index (χ4n) is 2.43. The summed E-state index contributed by atoms with van der Waals surface area (Å²) < 4.78 is 6.26. The minimum Gasteiger partial charge on any atom is -0.389 e. The largest absolute Gasteiger partial charge is 0.389 e. The second-order valence-corrected chi connectivity index (χ2v) is 5.90. The molecule has 1 N–H and O–H groups in total. The third kappa shape index (κ3) is 4.47. The number of nitrogens with zero attached hydrogens (tertiary/aromatic N) is 1. The van der Waals surface area contributed by atoms with Crippen LogP contribution in [0.25, 0.3) is 0 Å². The van der Waals surface area contributed by atoms with Crippen molar-refractivity contribution in [2.75, 3.05) is 25.2 Å². The van der Waals surface area contributed by atoms with Crippen LogP contribution in [-0.2, 0) is 4.74 Å². The second kappa shape index (κ2) is 8.65. The van der Waals surface area contributed by atoms with Gasteiger partial charge in [0.1, 0.15) is 0 Å². The summed E-state index contributed by atoms with van der Waals surface area (Å²) in [6, 6.07) is 6.58. The molecule has 0 heterocycles. The van der Waals surface area contributed by atoms with Crippen LogP contribution in [0.15, 0.2) is 22.7 Å². The second-order valence-electron chi connectivity index (χ2n) is 5.04. The van der Waals surface area contributed by atoms with Gasteiger partial charge in [0.05, 0.1) is 18.4 Å². The van der Waals surface area contributed by atoms with Gasteiger partial charge in [0.2, 0.25) is 0 Å². The van der Waals surface area contributed by atoms with E-state index < -0.39 is 6.10 Å². The highest BCUT2D eigenvalue weighted by atomic mass is 79.9. The summed E-state index contributed by atoms with van der Waals surface area (Å²) in [5.74, 6) is 0. The van der Waals surface area contributed by atoms with Gasteiger partial charge in [0.25, 0.3) is 0 Å².